The first-order valence-electron chi connectivity index (χ1n) is 16.0. The number of aliphatic hydroxyl groups is 6. The molecular weight excluding hydrogens is 668 g/mol. The molecule has 6 rings (SSSR count). The summed E-state index contributed by atoms with van der Waals surface area (Å²) in [6, 6.07) is 6.83. The highest BCUT2D eigenvalue weighted by Crippen LogP contribution is 2.53. The van der Waals surface area contributed by atoms with E-state index in [0.717, 1.165) is 5.56 Å². The molecule has 0 saturated carbocycles. The normalized spacial score (nSPS) is 36.6. The molecule has 278 valence electrons. The van der Waals surface area contributed by atoms with Crippen molar-refractivity contribution in [1.82, 2.24) is 0 Å². The van der Waals surface area contributed by atoms with Gasteiger partial charge in [-0.1, -0.05) is 0 Å². The van der Waals surface area contributed by atoms with Crippen molar-refractivity contribution in [1.29, 1.82) is 0 Å². The van der Waals surface area contributed by atoms with Crippen LogP contribution in [-0.4, -0.2) is 146 Å². The minimum absolute atomic E-state index is 0.0343. The molecule has 2 aromatic carbocycles. The van der Waals surface area contributed by atoms with E-state index in [9.17, 15) is 35.7 Å². The van der Waals surface area contributed by atoms with Crippen molar-refractivity contribution in [2.45, 2.75) is 60.9 Å². The summed E-state index contributed by atoms with van der Waals surface area (Å²) in [5.41, 5.74) is -0.454. The number of hydrogen-bond donors (Lipinski definition) is 7. The summed E-state index contributed by atoms with van der Waals surface area (Å²) in [7, 11) is 5.74. The quantitative estimate of drug-likeness (QED) is 0.142. The van der Waals surface area contributed by atoms with Gasteiger partial charge < -0.3 is 83.1 Å². The molecular formula is C33H44O17. The summed E-state index contributed by atoms with van der Waals surface area (Å²) < 4.78 is 57.1. The van der Waals surface area contributed by atoms with E-state index in [1.54, 1.807) is 24.3 Å². The Bertz CT molecular complexity index is 1440. The molecule has 4 aliphatic rings. The van der Waals surface area contributed by atoms with Crippen LogP contribution >= 0.6 is 0 Å². The predicted octanol–water partition coefficient (Wildman–Crippen LogP) is -0.855. The molecule has 0 spiro atoms. The minimum Gasteiger partial charge on any atom is -0.502 e. The first-order valence-corrected chi connectivity index (χ1v) is 16.0. The van der Waals surface area contributed by atoms with Crippen molar-refractivity contribution in [2.75, 3.05) is 61.5 Å². The highest BCUT2D eigenvalue weighted by Gasteiger charge is 2.51. The average molecular weight is 713 g/mol. The highest BCUT2D eigenvalue weighted by molar-refractivity contribution is 5.55. The molecule has 2 aromatic rings. The van der Waals surface area contributed by atoms with E-state index >= 15 is 0 Å². The second-order valence-electron chi connectivity index (χ2n) is 12.7. The van der Waals surface area contributed by atoms with Gasteiger partial charge in [0.25, 0.3) is 0 Å². The number of rotatable bonds is 12. The first-order chi connectivity index (χ1) is 24.0. The SMILES string of the molecule is COc1cc(C2OCC3C(c4cc(OC)c(OC5OC(COC6OCC(O)(CO)C6O)C(O)C(O)C5O)c(OC)c4)OCC23)cc(OC)c1O. The Morgan fingerprint density at radius 1 is 0.720 bits per heavy atom. The number of phenolic OH excluding ortho intramolecular Hbond substituents is 1. The van der Waals surface area contributed by atoms with Gasteiger partial charge in [0.15, 0.2) is 29.3 Å². The van der Waals surface area contributed by atoms with E-state index in [1.807, 2.05) is 0 Å². The number of aromatic hydroxyl groups is 1. The van der Waals surface area contributed by atoms with Crippen LogP contribution in [0.5, 0.6) is 34.5 Å². The molecule has 4 aliphatic heterocycles. The Morgan fingerprint density at radius 3 is 1.72 bits per heavy atom. The zero-order chi connectivity index (χ0) is 35.9. The fraction of sp³-hybridized carbons (Fsp3) is 0.636. The largest absolute Gasteiger partial charge is 0.502 e. The molecule has 50 heavy (non-hydrogen) atoms. The van der Waals surface area contributed by atoms with Crippen LogP contribution in [0.3, 0.4) is 0 Å². The van der Waals surface area contributed by atoms with Crippen molar-refractivity contribution < 1.29 is 83.1 Å². The third kappa shape index (κ3) is 6.52. The van der Waals surface area contributed by atoms with Gasteiger partial charge in [0, 0.05) is 11.8 Å². The van der Waals surface area contributed by atoms with Crippen molar-refractivity contribution in [3.63, 3.8) is 0 Å². The smallest absolute Gasteiger partial charge is 0.229 e. The van der Waals surface area contributed by atoms with Crippen molar-refractivity contribution in [2.24, 2.45) is 11.8 Å². The number of fused-ring (bicyclic) bond motifs is 1. The third-order valence-electron chi connectivity index (χ3n) is 9.81. The lowest BCUT2D eigenvalue weighted by Gasteiger charge is -2.40. The van der Waals surface area contributed by atoms with Gasteiger partial charge in [-0.3, -0.25) is 0 Å². The second kappa shape index (κ2) is 14.8. The summed E-state index contributed by atoms with van der Waals surface area (Å²) in [6.07, 6.45) is -11.6. The van der Waals surface area contributed by atoms with E-state index in [4.69, 9.17) is 47.4 Å². The number of benzene rings is 2. The summed E-state index contributed by atoms with van der Waals surface area (Å²) in [4.78, 5) is 0. The maximum absolute atomic E-state index is 10.8. The van der Waals surface area contributed by atoms with E-state index in [-0.39, 0.29) is 52.4 Å². The van der Waals surface area contributed by atoms with Crippen LogP contribution in [0.25, 0.3) is 0 Å². The number of ether oxygens (including phenoxy) is 10. The summed E-state index contributed by atoms with van der Waals surface area (Å²) in [5, 5.41) is 72.3. The molecule has 4 fully saturated rings. The van der Waals surface area contributed by atoms with Gasteiger partial charge >= 0.3 is 0 Å². The fourth-order valence-electron chi connectivity index (χ4n) is 6.89. The Hall–Kier alpha value is -3.20. The zero-order valence-electron chi connectivity index (χ0n) is 27.9. The molecule has 4 saturated heterocycles. The van der Waals surface area contributed by atoms with Crippen LogP contribution in [0, 0.1) is 11.8 Å². The molecule has 12 unspecified atom stereocenters. The van der Waals surface area contributed by atoms with Gasteiger partial charge in [0.2, 0.25) is 17.8 Å². The molecule has 17 nitrogen and oxygen atoms in total. The first kappa shape index (κ1) is 36.6. The topological polar surface area (TPSA) is 234 Å². The van der Waals surface area contributed by atoms with Crippen LogP contribution in [0.1, 0.15) is 23.3 Å². The van der Waals surface area contributed by atoms with Gasteiger partial charge in [0.1, 0.15) is 36.1 Å². The van der Waals surface area contributed by atoms with Crippen LogP contribution in [-0.2, 0) is 23.7 Å². The van der Waals surface area contributed by atoms with Crippen molar-refractivity contribution in [3.05, 3.63) is 35.4 Å². The Labute approximate surface area is 287 Å². The lowest BCUT2D eigenvalue weighted by atomic mass is 9.84. The van der Waals surface area contributed by atoms with Gasteiger partial charge in [-0.25, -0.2) is 0 Å². The van der Waals surface area contributed by atoms with Gasteiger partial charge in [-0.2, -0.15) is 0 Å². The molecule has 17 heteroatoms. The molecule has 4 heterocycles. The lowest BCUT2D eigenvalue weighted by Crippen LogP contribution is -2.60. The maximum atomic E-state index is 10.8. The molecule has 12 atom stereocenters. The third-order valence-corrected chi connectivity index (χ3v) is 9.81. The molecule has 0 bridgehead atoms. The Morgan fingerprint density at radius 2 is 1.24 bits per heavy atom. The zero-order valence-corrected chi connectivity index (χ0v) is 27.9. The van der Waals surface area contributed by atoms with Gasteiger partial charge in [0.05, 0.1) is 73.7 Å². The van der Waals surface area contributed by atoms with Gasteiger partial charge in [-0.05, 0) is 35.4 Å². The van der Waals surface area contributed by atoms with Crippen molar-refractivity contribution in [3.8, 4) is 34.5 Å². The molecule has 0 radical (unpaired) electrons. The molecule has 0 aliphatic carbocycles. The standard InChI is InChI=1S/C33H44O17/c1-41-18-5-14(6-19(42-2)23(18)35)27-16-9-46-28(17(16)10-45-27)15-7-20(43-3)29(21(8-15)44-4)50-31-26(38)25(37)24(36)22(49-31)11-47-32-30(39)33(40,12-34)13-48-32/h5-8,16-17,22,24-28,30-32,34-40H,9-13H2,1-4H3. The van der Waals surface area contributed by atoms with Crippen LogP contribution in [0.15, 0.2) is 24.3 Å². The summed E-state index contributed by atoms with van der Waals surface area (Å²) in [5.74, 6) is 0.741. The molecule has 0 aromatic heterocycles. The summed E-state index contributed by atoms with van der Waals surface area (Å²) in [6.45, 7) is -0.858. The Balaban J connectivity index is 1.18. The number of aliphatic hydroxyl groups excluding tert-OH is 5. The summed E-state index contributed by atoms with van der Waals surface area (Å²) >= 11 is 0. The predicted molar refractivity (Wildman–Crippen MR) is 166 cm³/mol. The van der Waals surface area contributed by atoms with Crippen LogP contribution in [0.2, 0.25) is 0 Å². The molecule has 0 amide bonds. The van der Waals surface area contributed by atoms with E-state index < -0.39 is 74.6 Å². The van der Waals surface area contributed by atoms with E-state index in [0.29, 0.717) is 18.8 Å². The monoisotopic (exact) mass is 712 g/mol. The lowest BCUT2D eigenvalue weighted by molar-refractivity contribution is -0.289. The Kier molecular flexibility index (Phi) is 10.8. The van der Waals surface area contributed by atoms with Crippen LogP contribution in [0.4, 0.5) is 0 Å². The van der Waals surface area contributed by atoms with Crippen LogP contribution < -0.4 is 23.7 Å². The number of methoxy groups -OCH3 is 4. The maximum Gasteiger partial charge on any atom is 0.229 e. The highest BCUT2D eigenvalue weighted by atomic mass is 16.7. The fourth-order valence-corrected chi connectivity index (χ4v) is 6.89. The number of hydrogen-bond acceptors (Lipinski definition) is 17. The van der Waals surface area contributed by atoms with Crippen molar-refractivity contribution >= 4 is 0 Å². The van der Waals surface area contributed by atoms with E-state index in [1.165, 1.54) is 28.4 Å². The number of phenols is 1. The average Bonchev–Trinajstić information content (AvgIpc) is 3.82. The minimum atomic E-state index is -1.93. The van der Waals surface area contributed by atoms with E-state index in [2.05, 4.69) is 0 Å². The second-order valence-corrected chi connectivity index (χ2v) is 12.7. The van der Waals surface area contributed by atoms with Gasteiger partial charge in [-0.15, -0.1) is 0 Å². The molecule has 7 N–H and O–H groups in total.